The van der Waals surface area contributed by atoms with Gasteiger partial charge >= 0.3 is 0 Å². The molecular weight excluding hydrogens is 332 g/mol. The minimum absolute atomic E-state index is 0.0253. The van der Waals surface area contributed by atoms with E-state index in [1.54, 1.807) is 28.6 Å². The summed E-state index contributed by atoms with van der Waals surface area (Å²) in [5.74, 6) is -0.0185. The highest BCUT2D eigenvalue weighted by Crippen LogP contribution is 2.30. The summed E-state index contributed by atoms with van der Waals surface area (Å²) in [4.78, 5) is 26.5. The van der Waals surface area contributed by atoms with Crippen LogP contribution in [-0.4, -0.2) is 35.1 Å². The van der Waals surface area contributed by atoms with Gasteiger partial charge < -0.3 is 9.64 Å². The predicted molar refractivity (Wildman–Crippen MR) is 96.1 cm³/mol. The van der Waals surface area contributed by atoms with Crippen molar-refractivity contribution in [2.24, 2.45) is 0 Å². The second-order valence-electron chi connectivity index (χ2n) is 6.83. The first-order valence-corrected chi connectivity index (χ1v) is 8.48. The fourth-order valence-corrected chi connectivity index (χ4v) is 3.12. The number of hydrogen-bond donors (Lipinski definition) is 2. The number of carbonyl (C=O) groups excluding carboxylic acids is 2. The third-order valence-corrected chi connectivity index (χ3v) is 4.73. The Morgan fingerprint density at radius 3 is 2.58 bits per heavy atom. The van der Waals surface area contributed by atoms with Gasteiger partial charge in [0.2, 0.25) is 5.91 Å². The van der Waals surface area contributed by atoms with Gasteiger partial charge in [0.1, 0.15) is 12.4 Å². The number of ether oxygens (including phenoxy) is 1. The number of amides is 2. The molecule has 2 aromatic carbocycles. The number of fused-ring (bicyclic) bond motifs is 1. The molecule has 2 amide bonds. The summed E-state index contributed by atoms with van der Waals surface area (Å²) in [6, 6.07) is 14.6. The maximum atomic E-state index is 13.2. The Balaban J connectivity index is 1.85. The molecule has 2 N–H and O–H groups in total. The topological polar surface area (TPSA) is 78.9 Å². The molecule has 26 heavy (non-hydrogen) atoms. The Hall–Kier alpha value is -2.86. The standard InChI is InChI=1S/C20H22N2O4/c1-20(2,16-6-4-3-5-7-16)19(24)22-10-11-26-17-12-14(18(23)21-25)8-9-15(17)13-22/h3-9,12,25H,10-11,13H2,1-2H3,(H,21,23). The molecule has 1 aliphatic heterocycles. The van der Waals surface area contributed by atoms with Crippen molar-refractivity contribution in [3.05, 3.63) is 65.2 Å². The Labute approximate surface area is 152 Å². The molecule has 3 rings (SSSR count). The van der Waals surface area contributed by atoms with Crippen LogP contribution in [0.15, 0.2) is 48.5 Å². The lowest BCUT2D eigenvalue weighted by atomic mass is 9.83. The molecule has 0 atom stereocenters. The largest absolute Gasteiger partial charge is 0.491 e. The highest BCUT2D eigenvalue weighted by molar-refractivity contribution is 5.94. The van der Waals surface area contributed by atoms with Gasteiger partial charge in [-0.1, -0.05) is 36.4 Å². The van der Waals surface area contributed by atoms with Gasteiger partial charge in [-0.05, 0) is 31.5 Å². The smallest absolute Gasteiger partial charge is 0.274 e. The van der Waals surface area contributed by atoms with Crippen molar-refractivity contribution in [3.63, 3.8) is 0 Å². The predicted octanol–water partition coefficient (Wildman–Crippen LogP) is 2.50. The summed E-state index contributed by atoms with van der Waals surface area (Å²) >= 11 is 0. The summed E-state index contributed by atoms with van der Waals surface area (Å²) in [5.41, 5.74) is 3.05. The maximum Gasteiger partial charge on any atom is 0.274 e. The number of nitrogens with zero attached hydrogens (tertiary/aromatic N) is 1. The molecule has 0 radical (unpaired) electrons. The van der Waals surface area contributed by atoms with E-state index in [9.17, 15) is 9.59 Å². The Morgan fingerprint density at radius 2 is 1.88 bits per heavy atom. The van der Waals surface area contributed by atoms with Crippen LogP contribution in [0, 0.1) is 0 Å². The lowest BCUT2D eigenvalue weighted by molar-refractivity contribution is -0.137. The van der Waals surface area contributed by atoms with E-state index in [1.807, 2.05) is 44.2 Å². The second-order valence-corrected chi connectivity index (χ2v) is 6.83. The molecule has 0 unspecified atom stereocenters. The first-order valence-electron chi connectivity index (χ1n) is 8.48. The van der Waals surface area contributed by atoms with Gasteiger partial charge in [0.05, 0.1) is 12.0 Å². The van der Waals surface area contributed by atoms with Crippen molar-refractivity contribution in [3.8, 4) is 5.75 Å². The molecule has 0 fully saturated rings. The summed E-state index contributed by atoms with van der Waals surface area (Å²) < 4.78 is 5.73. The SMILES string of the molecule is CC(C)(C(=O)N1CCOc2cc(C(=O)NO)ccc2C1)c1ccccc1. The Kier molecular flexibility index (Phi) is 4.95. The van der Waals surface area contributed by atoms with Gasteiger partial charge in [0, 0.05) is 17.7 Å². The molecular formula is C20H22N2O4. The van der Waals surface area contributed by atoms with E-state index in [0.29, 0.717) is 31.0 Å². The number of rotatable bonds is 3. The third kappa shape index (κ3) is 3.41. The van der Waals surface area contributed by atoms with E-state index in [2.05, 4.69) is 0 Å². The molecule has 136 valence electrons. The monoisotopic (exact) mass is 354 g/mol. The fraction of sp³-hybridized carbons (Fsp3) is 0.300. The number of hydrogen-bond acceptors (Lipinski definition) is 4. The number of carbonyl (C=O) groups is 2. The Morgan fingerprint density at radius 1 is 1.15 bits per heavy atom. The van der Waals surface area contributed by atoms with Crippen LogP contribution < -0.4 is 10.2 Å². The van der Waals surface area contributed by atoms with Crippen molar-refractivity contribution >= 4 is 11.8 Å². The zero-order chi connectivity index (χ0) is 18.7. The molecule has 6 heteroatoms. The van der Waals surface area contributed by atoms with Crippen LogP contribution in [0.5, 0.6) is 5.75 Å². The second kappa shape index (κ2) is 7.17. The van der Waals surface area contributed by atoms with Crippen molar-refractivity contribution in [2.45, 2.75) is 25.8 Å². The molecule has 1 heterocycles. The molecule has 0 saturated carbocycles. The maximum absolute atomic E-state index is 13.2. The Bertz CT molecular complexity index is 818. The number of hydroxylamine groups is 1. The summed E-state index contributed by atoms with van der Waals surface area (Å²) in [7, 11) is 0. The number of benzene rings is 2. The van der Waals surface area contributed by atoms with Crippen LogP contribution in [-0.2, 0) is 16.8 Å². The molecule has 0 aliphatic carbocycles. The van der Waals surface area contributed by atoms with E-state index in [1.165, 1.54) is 0 Å². The molecule has 2 aromatic rings. The van der Waals surface area contributed by atoms with Crippen molar-refractivity contribution in [1.29, 1.82) is 0 Å². The number of nitrogens with one attached hydrogen (secondary N) is 1. The lowest BCUT2D eigenvalue weighted by Gasteiger charge is -2.31. The average Bonchev–Trinajstić information content (AvgIpc) is 2.89. The van der Waals surface area contributed by atoms with Crippen LogP contribution in [0.4, 0.5) is 0 Å². The average molecular weight is 354 g/mol. The fourth-order valence-electron chi connectivity index (χ4n) is 3.12. The quantitative estimate of drug-likeness (QED) is 0.656. The lowest BCUT2D eigenvalue weighted by Crippen LogP contribution is -2.44. The van der Waals surface area contributed by atoms with Crippen LogP contribution in [0.2, 0.25) is 0 Å². The van der Waals surface area contributed by atoms with Crippen LogP contribution in [0.3, 0.4) is 0 Å². The normalized spacial score (nSPS) is 14.0. The van der Waals surface area contributed by atoms with Gasteiger partial charge in [-0.3, -0.25) is 14.8 Å². The molecule has 0 bridgehead atoms. The highest BCUT2D eigenvalue weighted by atomic mass is 16.5. The minimum atomic E-state index is -0.650. The molecule has 0 aromatic heterocycles. The van der Waals surface area contributed by atoms with E-state index < -0.39 is 11.3 Å². The molecule has 1 aliphatic rings. The van der Waals surface area contributed by atoms with Crippen molar-refractivity contribution in [1.82, 2.24) is 10.4 Å². The molecule has 0 spiro atoms. The van der Waals surface area contributed by atoms with Crippen LogP contribution in [0.1, 0.15) is 35.3 Å². The first kappa shape index (κ1) is 17.9. The minimum Gasteiger partial charge on any atom is -0.491 e. The third-order valence-electron chi connectivity index (χ3n) is 4.73. The van der Waals surface area contributed by atoms with Gasteiger partial charge in [-0.2, -0.15) is 0 Å². The van der Waals surface area contributed by atoms with E-state index in [4.69, 9.17) is 9.94 Å². The zero-order valence-electron chi connectivity index (χ0n) is 14.9. The van der Waals surface area contributed by atoms with Gasteiger partial charge in [-0.15, -0.1) is 0 Å². The van der Waals surface area contributed by atoms with Crippen LogP contribution in [0.25, 0.3) is 0 Å². The van der Waals surface area contributed by atoms with E-state index >= 15 is 0 Å². The van der Waals surface area contributed by atoms with Crippen molar-refractivity contribution < 1.29 is 19.5 Å². The highest BCUT2D eigenvalue weighted by Gasteiger charge is 2.34. The van der Waals surface area contributed by atoms with E-state index in [-0.39, 0.29) is 5.91 Å². The van der Waals surface area contributed by atoms with E-state index in [0.717, 1.165) is 11.1 Å². The van der Waals surface area contributed by atoms with Gasteiger partial charge in [0.15, 0.2) is 0 Å². The molecule has 0 saturated heterocycles. The summed E-state index contributed by atoms with van der Waals surface area (Å²) in [6.45, 7) is 5.06. The van der Waals surface area contributed by atoms with Crippen LogP contribution >= 0.6 is 0 Å². The first-order chi connectivity index (χ1) is 12.4. The van der Waals surface area contributed by atoms with Gasteiger partial charge in [0.25, 0.3) is 5.91 Å². The molecule has 6 nitrogen and oxygen atoms in total. The summed E-state index contributed by atoms with van der Waals surface area (Å²) in [5, 5.41) is 8.77. The summed E-state index contributed by atoms with van der Waals surface area (Å²) in [6.07, 6.45) is 0. The van der Waals surface area contributed by atoms with Crippen molar-refractivity contribution in [2.75, 3.05) is 13.2 Å². The zero-order valence-corrected chi connectivity index (χ0v) is 14.9. The van der Waals surface area contributed by atoms with Gasteiger partial charge in [-0.25, -0.2) is 5.48 Å².